The molecule has 3 heteroatoms. The van der Waals surface area contributed by atoms with E-state index in [9.17, 15) is 4.79 Å². The predicted molar refractivity (Wildman–Crippen MR) is 38.7 cm³/mol. The molecule has 0 aromatic carbocycles. The Morgan fingerprint density at radius 3 is 2.00 bits per heavy atom. The standard InChI is InChI=1S/C6H11NO.ClH/c1-7(2)6(8)5-3-4-5;/h5H,3-4H2,1-2H3;1H. The number of amides is 1. The lowest BCUT2D eigenvalue weighted by molar-refractivity contribution is -0.129. The molecule has 0 spiro atoms. The molecule has 1 aliphatic rings. The minimum Gasteiger partial charge on any atom is -0.349 e. The molecule has 54 valence electrons. The van der Waals surface area contributed by atoms with Crippen molar-refractivity contribution in [3.63, 3.8) is 0 Å². The Hall–Kier alpha value is -0.240. The minimum atomic E-state index is 0. The first kappa shape index (κ1) is 8.76. The maximum Gasteiger partial charge on any atom is 0.225 e. The fraction of sp³-hybridized carbons (Fsp3) is 0.833. The average molecular weight is 150 g/mol. The molecule has 2 nitrogen and oxygen atoms in total. The quantitative estimate of drug-likeness (QED) is 0.543. The summed E-state index contributed by atoms with van der Waals surface area (Å²) in [5.74, 6) is 0.676. The Bertz CT molecular complexity index is 106. The van der Waals surface area contributed by atoms with E-state index in [1.807, 2.05) is 0 Å². The largest absolute Gasteiger partial charge is 0.349 e. The molecule has 0 unspecified atom stereocenters. The zero-order valence-corrected chi connectivity index (χ0v) is 6.57. The van der Waals surface area contributed by atoms with Crippen LogP contribution in [0.2, 0.25) is 0 Å². The van der Waals surface area contributed by atoms with Gasteiger partial charge in [0.2, 0.25) is 5.91 Å². The third kappa shape index (κ3) is 2.22. The van der Waals surface area contributed by atoms with Crippen LogP contribution >= 0.6 is 12.4 Å². The average Bonchev–Trinajstić information content (AvgIpc) is 2.43. The Balaban J connectivity index is 0.000000640. The predicted octanol–water partition coefficient (Wildman–Crippen LogP) is 0.906. The molecule has 1 fully saturated rings. The summed E-state index contributed by atoms with van der Waals surface area (Å²) in [4.78, 5) is 12.5. The summed E-state index contributed by atoms with van der Waals surface area (Å²) >= 11 is 0. The first-order chi connectivity index (χ1) is 3.72. The van der Waals surface area contributed by atoms with E-state index in [1.165, 1.54) is 0 Å². The van der Waals surface area contributed by atoms with Crippen LogP contribution in [-0.4, -0.2) is 24.9 Å². The van der Waals surface area contributed by atoms with Crippen LogP contribution in [0.5, 0.6) is 0 Å². The van der Waals surface area contributed by atoms with Gasteiger partial charge in [0.05, 0.1) is 0 Å². The fourth-order valence-electron chi connectivity index (χ4n) is 0.695. The lowest BCUT2D eigenvalue weighted by Gasteiger charge is -2.07. The maximum absolute atomic E-state index is 10.8. The Morgan fingerprint density at radius 1 is 1.44 bits per heavy atom. The van der Waals surface area contributed by atoms with Crippen molar-refractivity contribution in [1.29, 1.82) is 0 Å². The van der Waals surface area contributed by atoms with Gasteiger partial charge in [-0.05, 0) is 12.8 Å². The maximum atomic E-state index is 10.8. The summed E-state index contributed by atoms with van der Waals surface area (Å²) in [6, 6.07) is 0. The van der Waals surface area contributed by atoms with Gasteiger partial charge in [0.1, 0.15) is 0 Å². The van der Waals surface area contributed by atoms with Crippen LogP contribution in [-0.2, 0) is 4.79 Å². The van der Waals surface area contributed by atoms with Crippen LogP contribution in [0.25, 0.3) is 0 Å². The van der Waals surface area contributed by atoms with Crippen LogP contribution in [0, 0.1) is 5.92 Å². The first-order valence-corrected chi connectivity index (χ1v) is 2.93. The summed E-state index contributed by atoms with van der Waals surface area (Å²) in [5, 5.41) is 0. The second kappa shape index (κ2) is 3.06. The van der Waals surface area contributed by atoms with Crippen molar-refractivity contribution >= 4 is 18.3 Å². The van der Waals surface area contributed by atoms with Crippen molar-refractivity contribution in [2.75, 3.05) is 14.1 Å². The third-order valence-corrected chi connectivity index (χ3v) is 1.37. The molecule has 1 saturated carbocycles. The summed E-state index contributed by atoms with van der Waals surface area (Å²) < 4.78 is 0. The van der Waals surface area contributed by atoms with Gasteiger partial charge in [0, 0.05) is 20.0 Å². The molecular formula is C6H12ClNO. The molecule has 9 heavy (non-hydrogen) atoms. The highest BCUT2D eigenvalue weighted by molar-refractivity contribution is 5.85. The van der Waals surface area contributed by atoms with Crippen LogP contribution in [0.1, 0.15) is 12.8 Å². The van der Waals surface area contributed by atoms with Gasteiger partial charge < -0.3 is 4.90 Å². The molecule has 0 bridgehead atoms. The zero-order chi connectivity index (χ0) is 6.15. The number of rotatable bonds is 1. The normalized spacial score (nSPS) is 16.2. The van der Waals surface area contributed by atoms with E-state index in [2.05, 4.69) is 0 Å². The number of nitrogens with zero attached hydrogens (tertiary/aromatic N) is 1. The van der Waals surface area contributed by atoms with Gasteiger partial charge in [0.15, 0.2) is 0 Å². The van der Waals surface area contributed by atoms with Crippen molar-refractivity contribution in [2.24, 2.45) is 5.92 Å². The number of halogens is 1. The molecule has 1 rings (SSSR count). The van der Waals surface area contributed by atoms with Gasteiger partial charge in [-0.3, -0.25) is 4.79 Å². The van der Waals surface area contributed by atoms with Crippen LogP contribution in [0.15, 0.2) is 0 Å². The molecule has 1 aliphatic carbocycles. The topological polar surface area (TPSA) is 20.3 Å². The zero-order valence-electron chi connectivity index (χ0n) is 5.76. The van der Waals surface area contributed by atoms with E-state index in [1.54, 1.807) is 19.0 Å². The molecule has 0 saturated heterocycles. The Labute approximate surface area is 61.6 Å². The van der Waals surface area contributed by atoms with Gasteiger partial charge in [-0.2, -0.15) is 0 Å². The molecule has 0 N–H and O–H groups in total. The van der Waals surface area contributed by atoms with Gasteiger partial charge in [-0.15, -0.1) is 12.4 Å². The highest BCUT2D eigenvalue weighted by Gasteiger charge is 2.30. The van der Waals surface area contributed by atoms with Crippen LogP contribution < -0.4 is 0 Å². The van der Waals surface area contributed by atoms with Gasteiger partial charge >= 0.3 is 0 Å². The Morgan fingerprint density at radius 2 is 1.89 bits per heavy atom. The molecule has 0 heterocycles. The molecule has 0 aromatic rings. The molecule has 0 atom stereocenters. The highest BCUT2D eigenvalue weighted by Crippen LogP contribution is 2.29. The summed E-state index contributed by atoms with van der Waals surface area (Å²) in [6.07, 6.45) is 2.22. The van der Waals surface area contributed by atoms with Gasteiger partial charge in [0.25, 0.3) is 0 Å². The van der Waals surface area contributed by atoms with Gasteiger partial charge in [-0.1, -0.05) is 0 Å². The molecule has 0 aromatic heterocycles. The number of hydrogen-bond donors (Lipinski definition) is 0. The SMILES string of the molecule is CN(C)C(=O)C1CC1.Cl. The Kier molecular flexibility index (Phi) is 2.98. The van der Waals surface area contributed by atoms with E-state index in [0.717, 1.165) is 12.8 Å². The van der Waals surface area contributed by atoms with Gasteiger partial charge in [-0.25, -0.2) is 0 Å². The molecule has 0 radical (unpaired) electrons. The van der Waals surface area contributed by atoms with Crippen molar-refractivity contribution in [3.05, 3.63) is 0 Å². The summed E-state index contributed by atoms with van der Waals surface area (Å²) in [5.41, 5.74) is 0. The van der Waals surface area contributed by atoms with Crippen molar-refractivity contribution in [1.82, 2.24) is 4.90 Å². The van der Waals surface area contributed by atoms with E-state index in [4.69, 9.17) is 0 Å². The smallest absolute Gasteiger partial charge is 0.225 e. The second-order valence-electron chi connectivity index (χ2n) is 2.51. The monoisotopic (exact) mass is 149 g/mol. The number of carbonyl (C=O) groups excluding carboxylic acids is 1. The summed E-state index contributed by atoms with van der Waals surface area (Å²) in [7, 11) is 3.61. The van der Waals surface area contributed by atoms with E-state index in [-0.39, 0.29) is 12.4 Å². The van der Waals surface area contributed by atoms with E-state index in [0.29, 0.717) is 11.8 Å². The lowest BCUT2D eigenvalue weighted by atomic mass is 10.4. The van der Waals surface area contributed by atoms with Crippen LogP contribution in [0.3, 0.4) is 0 Å². The second-order valence-corrected chi connectivity index (χ2v) is 2.51. The van der Waals surface area contributed by atoms with Crippen molar-refractivity contribution < 1.29 is 4.79 Å². The first-order valence-electron chi connectivity index (χ1n) is 2.93. The van der Waals surface area contributed by atoms with Crippen LogP contribution in [0.4, 0.5) is 0 Å². The van der Waals surface area contributed by atoms with Crippen molar-refractivity contribution in [2.45, 2.75) is 12.8 Å². The fourth-order valence-corrected chi connectivity index (χ4v) is 0.695. The number of carbonyl (C=O) groups is 1. The molecular weight excluding hydrogens is 138 g/mol. The third-order valence-electron chi connectivity index (χ3n) is 1.37. The molecule has 1 amide bonds. The van der Waals surface area contributed by atoms with Crippen molar-refractivity contribution in [3.8, 4) is 0 Å². The lowest BCUT2D eigenvalue weighted by Crippen LogP contribution is -2.22. The molecule has 0 aliphatic heterocycles. The number of hydrogen-bond acceptors (Lipinski definition) is 1. The minimum absolute atomic E-state index is 0. The van der Waals surface area contributed by atoms with E-state index < -0.39 is 0 Å². The highest BCUT2D eigenvalue weighted by atomic mass is 35.5. The van der Waals surface area contributed by atoms with E-state index >= 15 is 0 Å². The summed E-state index contributed by atoms with van der Waals surface area (Å²) in [6.45, 7) is 0.